The molecule has 7 unspecified atom stereocenters. The van der Waals surface area contributed by atoms with E-state index in [1.807, 2.05) is 20.8 Å². The molecule has 34 heavy (non-hydrogen) atoms. The van der Waals surface area contributed by atoms with Crippen LogP contribution in [0.15, 0.2) is 0 Å². The van der Waals surface area contributed by atoms with Gasteiger partial charge in [-0.3, -0.25) is 19.2 Å². The highest BCUT2D eigenvalue weighted by molar-refractivity contribution is 5.94. The van der Waals surface area contributed by atoms with Gasteiger partial charge in [0.1, 0.15) is 18.1 Å². The minimum atomic E-state index is -1.21. The van der Waals surface area contributed by atoms with Gasteiger partial charge in [-0.05, 0) is 24.2 Å². The second-order valence-corrected chi connectivity index (χ2v) is 9.06. The highest BCUT2D eigenvalue weighted by Gasteiger charge is 2.34. The van der Waals surface area contributed by atoms with Gasteiger partial charge in [0.25, 0.3) is 0 Å². The zero-order valence-electron chi connectivity index (χ0n) is 21.2. The van der Waals surface area contributed by atoms with Gasteiger partial charge in [0.2, 0.25) is 23.6 Å². The molecule has 7 atom stereocenters. The summed E-state index contributed by atoms with van der Waals surface area (Å²) in [6.45, 7) is 10.9. The number of amides is 4. The summed E-state index contributed by atoms with van der Waals surface area (Å²) in [5.74, 6) is -4.45. The van der Waals surface area contributed by atoms with Crippen LogP contribution in [-0.2, 0) is 24.0 Å². The minimum Gasteiger partial charge on any atom is -0.480 e. The first-order chi connectivity index (χ1) is 15.8. The summed E-state index contributed by atoms with van der Waals surface area (Å²) in [5.41, 5.74) is 11.2. The second kappa shape index (κ2) is 15.3. The number of carbonyl (C=O) groups excluding carboxylic acids is 4. The van der Waals surface area contributed by atoms with Crippen molar-refractivity contribution in [2.45, 2.75) is 97.8 Å². The van der Waals surface area contributed by atoms with Crippen LogP contribution in [-0.4, -0.2) is 58.9 Å². The van der Waals surface area contributed by atoms with E-state index in [9.17, 15) is 29.1 Å². The Bertz CT molecular complexity index is 716. The van der Waals surface area contributed by atoms with E-state index in [-0.39, 0.29) is 30.6 Å². The van der Waals surface area contributed by atoms with Gasteiger partial charge in [-0.2, -0.15) is 0 Å². The van der Waals surface area contributed by atoms with Crippen molar-refractivity contribution in [3.63, 3.8) is 0 Å². The number of aliphatic carboxylic acids is 1. The van der Waals surface area contributed by atoms with Crippen molar-refractivity contribution < 1.29 is 29.1 Å². The number of hydrogen-bond acceptors (Lipinski definition) is 6. The lowest BCUT2D eigenvalue weighted by atomic mass is 9.95. The van der Waals surface area contributed by atoms with Gasteiger partial charge in [0.05, 0.1) is 6.04 Å². The lowest BCUT2D eigenvalue weighted by molar-refractivity contribution is -0.144. The molecular weight excluding hydrogens is 442 g/mol. The van der Waals surface area contributed by atoms with E-state index < -0.39 is 53.8 Å². The van der Waals surface area contributed by atoms with Gasteiger partial charge in [0, 0.05) is 6.42 Å². The molecule has 0 aromatic heterocycles. The predicted molar refractivity (Wildman–Crippen MR) is 128 cm³/mol. The first-order valence-corrected chi connectivity index (χ1v) is 12.0. The topological polar surface area (TPSA) is 194 Å². The minimum absolute atomic E-state index is 0.0942. The quantitative estimate of drug-likeness (QED) is 0.180. The molecule has 0 fully saturated rings. The summed E-state index contributed by atoms with van der Waals surface area (Å²) in [4.78, 5) is 61.6. The molecule has 0 saturated heterocycles. The fourth-order valence-electron chi connectivity index (χ4n) is 3.22. The standard InChI is InChI=1S/C23H43N5O6/c1-7-12(4)17(25)21(31)27-18(13(5)8-2)22(32)26-15(10-11-16(24)29)20(30)28-19(23(33)34)14(6)9-3/h12-15,17-19H,7-11,25H2,1-6H3,(H2,24,29)(H,26,32)(H,27,31)(H,28,30)(H,33,34). The number of rotatable bonds is 16. The van der Waals surface area contributed by atoms with Crippen LogP contribution in [0.4, 0.5) is 0 Å². The van der Waals surface area contributed by atoms with E-state index in [4.69, 9.17) is 11.5 Å². The molecule has 8 N–H and O–H groups in total. The van der Waals surface area contributed by atoms with Crippen LogP contribution in [0.25, 0.3) is 0 Å². The number of carbonyl (C=O) groups is 5. The smallest absolute Gasteiger partial charge is 0.326 e. The van der Waals surface area contributed by atoms with Gasteiger partial charge >= 0.3 is 5.97 Å². The van der Waals surface area contributed by atoms with Gasteiger partial charge in [-0.15, -0.1) is 0 Å². The molecule has 0 heterocycles. The summed E-state index contributed by atoms with van der Waals surface area (Å²) >= 11 is 0. The van der Waals surface area contributed by atoms with Crippen molar-refractivity contribution >= 4 is 29.6 Å². The average molecular weight is 486 g/mol. The highest BCUT2D eigenvalue weighted by Crippen LogP contribution is 2.13. The van der Waals surface area contributed by atoms with E-state index in [0.717, 1.165) is 0 Å². The zero-order chi connectivity index (χ0) is 26.6. The van der Waals surface area contributed by atoms with Crippen molar-refractivity contribution in [2.24, 2.45) is 29.2 Å². The Labute approximate surface area is 202 Å². The summed E-state index contributed by atoms with van der Waals surface area (Å²) in [7, 11) is 0. The van der Waals surface area contributed by atoms with E-state index in [2.05, 4.69) is 16.0 Å². The number of nitrogens with one attached hydrogen (secondary N) is 3. The van der Waals surface area contributed by atoms with E-state index in [1.165, 1.54) is 0 Å². The number of nitrogens with two attached hydrogens (primary N) is 2. The number of hydrogen-bond donors (Lipinski definition) is 6. The van der Waals surface area contributed by atoms with Crippen molar-refractivity contribution in [2.75, 3.05) is 0 Å². The van der Waals surface area contributed by atoms with Gasteiger partial charge in [-0.25, -0.2) is 4.79 Å². The summed E-state index contributed by atoms with van der Waals surface area (Å²) < 4.78 is 0. The molecule has 0 aromatic rings. The maximum atomic E-state index is 13.1. The van der Waals surface area contributed by atoms with Crippen LogP contribution < -0.4 is 27.4 Å². The molecule has 0 aromatic carbocycles. The SMILES string of the molecule is CCC(C)C(N)C(=O)NC(C(=O)NC(CCC(N)=O)C(=O)NC(C(=O)O)C(C)CC)C(C)CC. The molecule has 0 saturated carbocycles. The zero-order valence-corrected chi connectivity index (χ0v) is 21.2. The van der Waals surface area contributed by atoms with Gasteiger partial charge < -0.3 is 32.5 Å². The maximum absolute atomic E-state index is 13.1. The summed E-state index contributed by atoms with van der Waals surface area (Å²) in [6, 6.07) is -4.15. The Kier molecular flexibility index (Phi) is 14.1. The van der Waals surface area contributed by atoms with E-state index in [1.54, 1.807) is 20.8 Å². The van der Waals surface area contributed by atoms with Gasteiger partial charge in [0.15, 0.2) is 0 Å². The van der Waals surface area contributed by atoms with Crippen molar-refractivity contribution in [3.8, 4) is 0 Å². The van der Waals surface area contributed by atoms with Crippen LogP contribution in [0.2, 0.25) is 0 Å². The van der Waals surface area contributed by atoms with Crippen LogP contribution in [0.5, 0.6) is 0 Å². The van der Waals surface area contributed by atoms with Crippen LogP contribution in [0.3, 0.4) is 0 Å². The number of primary amides is 1. The van der Waals surface area contributed by atoms with Crippen LogP contribution in [0, 0.1) is 17.8 Å². The van der Waals surface area contributed by atoms with Crippen molar-refractivity contribution in [1.29, 1.82) is 0 Å². The Hall–Kier alpha value is -2.69. The van der Waals surface area contributed by atoms with Crippen LogP contribution >= 0.6 is 0 Å². The third-order valence-electron chi connectivity index (χ3n) is 6.44. The fraction of sp³-hybridized carbons (Fsp3) is 0.783. The number of carboxylic acids is 1. The van der Waals surface area contributed by atoms with Gasteiger partial charge in [-0.1, -0.05) is 60.8 Å². The molecule has 4 amide bonds. The normalized spacial score (nSPS) is 17.3. The molecule has 11 nitrogen and oxygen atoms in total. The number of carboxylic acid groups (broad SMARTS) is 1. The van der Waals surface area contributed by atoms with E-state index in [0.29, 0.717) is 19.3 Å². The molecule has 0 aliphatic carbocycles. The largest absolute Gasteiger partial charge is 0.480 e. The Morgan fingerprint density at radius 1 is 0.735 bits per heavy atom. The summed E-state index contributed by atoms with van der Waals surface area (Å²) in [6.07, 6.45) is 1.44. The third kappa shape index (κ3) is 10.1. The predicted octanol–water partition coefficient (Wildman–Crippen LogP) is 0.257. The molecule has 0 radical (unpaired) electrons. The Balaban J connectivity index is 5.71. The Morgan fingerprint density at radius 2 is 1.21 bits per heavy atom. The lowest BCUT2D eigenvalue weighted by Crippen LogP contribution is -2.59. The molecular formula is C23H43N5O6. The molecule has 11 heteroatoms. The molecule has 0 bridgehead atoms. The summed E-state index contributed by atoms with van der Waals surface area (Å²) in [5, 5.41) is 17.2. The average Bonchev–Trinajstić information content (AvgIpc) is 2.80. The van der Waals surface area contributed by atoms with E-state index >= 15 is 0 Å². The first kappa shape index (κ1) is 31.3. The fourth-order valence-corrected chi connectivity index (χ4v) is 3.22. The van der Waals surface area contributed by atoms with Crippen LogP contribution in [0.1, 0.15) is 73.6 Å². The molecule has 0 rings (SSSR count). The molecule has 0 aliphatic heterocycles. The first-order valence-electron chi connectivity index (χ1n) is 12.0. The molecule has 0 aliphatic rings. The lowest BCUT2D eigenvalue weighted by Gasteiger charge is -2.29. The highest BCUT2D eigenvalue weighted by atomic mass is 16.4. The monoisotopic (exact) mass is 485 g/mol. The second-order valence-electron chi connectivity index (χ2n) is 9.06. The van der Waals surface area contributed by atoms with Crippen molar-refractivity contribution in [3.05, 3.63) is 0 Å². The molecule has 0 spiro atoms. The maximum Gasteiger partial charge on any atom is 0.326 e. The van der Waals surface area contributed by atoms with Crippen molar-refractivity contribution in [1.82, 2.24) is 16.0 Å². The molecule has 196 valence electrons. The third-order valence-corrected chi connectivity index (χ3v) is 6.44. The Morgan fingerprint density at radius 3 is 1.65 bits per heavy atom.